The molecule has 0 aliphatic carbocycles. The van der Waals surface area contributed by atoms with Crippen LogP contribution in [-0.4, -0.2) is 17.3 Å². The van der Waals surface area contributed by atoms with E-state index >= 15 is 0 Å². The third-order valence-corrected chi connectivity index (χ3v) is 6.02. The fraction of sp³-hybridized carbons (Fsp3) is 1.00. The van der Waals surface area contributed by atoms with Gasteiger partial charge in [-0.15, -0.1) is 17.0 Å². The molecule has 2 atom stereocenters. The van der Waals surface area contributed by atoms with Crippen molar-refractivity contribution >= 4 is 17.0 Å². The summed E-state index contributed by atoms with van der Waals surface area (Å²) in [4.78, 5) is 0. The maximum atomic E-state index is 9.07. The smallest absolute Gasteiger partial charge is 0.0448 e. The Bertz CT molecular complexity index is 271. The predicted octanol–water partition coefficient (Wildman–Crippen LogP) is 7.56. The Morgan fingerprint density at radius 1 is 0.731 bits per heavy atom. The minimum absolute atomic E-state index is 0. The molecule has 0 aromatic carbocycles. The van der Waals surface area contributed by atoms with Gasteiger partial charge in [0.25, 0.3) is 0 Å². The molecule has 0 radical (unpaired) electrons. The molecule has 0 saturated heterocycles. The molecule has 3 heteroatoms. The minimum Gasteiger partial charge on any atom is -0.396 e. The molecule has 0 fully saturated rings. The standard InChI is InChI=1S/C23H49NO.BrH/c1-4-5-6-7-8-9-10-11-12-13-14-15-16-17-18-19-22(2)23(3,24)20-21-25;/h22,25H,4-21,24H2,1-3H3;1H. The van der Waals surface area contributed by atoms with E-state index in [0.29, 0.717) is 12.3 Å². The molecule has 3 N–H and O–H groups in total. The van der Waals surface area contributed by atoms with Crippen LogP contribution in [-0.2, 0) is 0 Å². The number of unbranched alkanes of at least 4 members (excludes halogenated alkanes) is 14. The zero-order chi connectivity index (χ0) is 18.8. The Morgan fingerprint density at radius 2 is 1.08 bits per heavy atom. The Balaban J connectivity index is 0. The Labute approximate surface area is 175 Å². The Hall–Kier alpha value is 0.400. The first kappa shape index (κ1) is 28.6. The lowest BCUT2D eigenvalue weighted by Gasteiger charge is -2.31. The second-order valence-electron chi connectivity index (χ2n) is 8.62. The summed E-state index contributed by atoms with van der Waals surface area (Å²) in [5, 5.41) is 9.07. The lowest BCUT2D eigenvalue weighted by molar-refractivity contribution is 0.200. The first-order valence-electron chi connectivity index (χ1n) is 11.4. The average molecular weight is 437 g/mol. The second kappa shape index (κ2) is 20.1. The molecule has 0 aliphatic heterocycles. The molecule has 26 heavy (non-hydrogen) atoms. The second-order valence-corrected chi connectivity index (χ2v) is 8.62. The molecule has 0 amide bonds. The van der Waals surface area contributed by atoms with Crippen LogP contribution in [0.25, 0.3) is 0 Å². The normalized spacial score (nSPS) is 14.7. The van der Waals surface area contributed by atoms with Crippen molar-refractivity contribution < 1.29 is 5.11 Å². The summed E-state index contributed by atoms with van der Waals surface area (Å²) < 4.78 is 0. The summed E-state index contributed by atoms with van der Waals surface area (Å²) in [5.41, 5.74) is 6.07. The molecule has 0 heterocycles. The van der Waals surface area contributed by atoms with Crippen LogP contribution in [0.3, 0.4) is 0 Å². The molecule has 0 rings (SSSR count). The van der Waals surface area contributed by atoms with Crippen LogP contribution in [0.4, 0.5) is 0 Å². The van der Waals surface area contributed by atoms with E-state index in [-0.39, 0.29) is 29.1 Å². The van der Waals surface area contributed by atoms with Gasteiger partial charge < -0.3 is 10.8 Å². The van der Waals surface area contributed by atoms with Gasteiger partial charge in [0, 0.05) is 12.1 Å². The highest BCUT2D eigenvalue weighted by atomic mass is 79.9. The molecule has 0 spiro atoms. The summed E-state index contributed by atoms with van der Waals surface area (Å²) in [7, 11) is 0. The van der Waals surface area contributed by atoms with E-state index in [1.54, 1.807) is 0 Å². The van der Waals surface area contributed by atoms with Crippen molar-refractivity contribution in [3.63, 3.8) is 0 Å². The van der Waals surface area contributed by atoms with Gasteiger partial charge in [-0.05, 0) is 25.7 Å². The zero-order valence-corrected chi connectivity index (χ0v) is 20.0. The molecule has 0 bridgehead atoms. The lowest BCUT2D eigenvalue weighted by atomic mass is 9.82. The van der Waals surface area contributed by atoms with E-state index in [9.17, 15) is 0 Å². The molecule has 0 saturated carbocycles. The third-order valence-electron chi connectivity index (χ3n) is 6.02. The zero-order valence-electron chi connectivity index (χ0n) is 18.2. The quantitative estimate of drug-likeness (QED) is 0.205. The van der Waals surface area contributed by atoms with Crippen LogP contribution in [0, 0.1) is 5.92 Å². The summed E-state index contributed by atoms with van der Waals surface area (Å²) in [6, 6.07) is 0. The molecule has 0 aliphatic rings. The van der Waals surface area contributed by atoms with Gasteiger partial charge >= 0.3 is 0 Å². The van der Waals surface area contributed by atoms with Crippen molar-refractivity contribution in [3.05, 3.63) is 0 Å². The highest BCUT2D eigenvalue weighted by Crippen LogP contribution is 2.23. The minimum atomic E-state index is -0.204. The number of aliphatic hydroxyl groups is 1. The van der Waals surface area contributed by atoms with Crippen LogP contribution in [0.1, 0.15) is 130 Å². The maximum Gasteiger partial charge on any atom is 0.0448 e. The van der Waals surface area contributed by atoms with Crippen LogP contribution in [0.15, 0.2) is 0 Å². The van der Waals surface area contributed by atoms with Crippen molar-refractivity contribution in [1.29, 1.82) is 0 Å². The van der Waals surface area contributed by atoms with Gasteiger partial charge in [-0.3, -0.25) is 0 Å². The van der Waals surface area contributed by atoms with Gasteiger partial charge in [0.15, 0.2) is 0 Å². The number of aliphatic hydroxyl groups excluding tert-OH is 1. The van der Waals surface area contributed by atoms with Crippen molar-refractivity contribution in [3.8, 4) is 0 Å². The molecule has 160 valence electrons. The fourth-order valence-electron chi connectivity index (χ4n) is 3.64. The van der Waals surface area contributed by atoms with Crippen molar-refractivity contribution in [2.75, 3.05) is 6.61 Å². The Morgan fingerprint density at radius 3 is 1.42 bits per heavy atom. The van der Waals surface area contributed by atoms with Gasteiger partial charge in [0.05, 0.1) is 0 Å². The first-order chi connectivity index (χ1) is 12.0. The third kappa shape index (κ3) is 17.8. The number of hydrogen-bond donors (Lipinski definition) is 2. The van der Waals surface area contributed by atoms with Gasteiger partial charge in [0.1, 0.15) is 0 Å². The van der Waals surface area contributed by atoms with Crippen molar-refractivity contribution in [2.24, 2.45) is 11.7 Å². The van der Waals surface area contributed by atoms with Crippen molar-refractivity contribution in [2.45, 2.75) is 135 Å². The summed E-state index contributed by atoms with van der Waals surface area (Å²) >= 11 is 0. The maximum absolute atomic E-state index is 9.07. The van der Waals surface area contributed by atoms with Crippen LogP contribution in [0.5, 0.6) is 0 Å². The molecule has 0 aromatic rings. The van der Waals surface area contributed by atoms with Gasteiger partial charge in [-0.1, -0.05) is 110 Å². The monoisotopic (exact) mass is 435 g/mol. The Kier molecular flexibility index (Phi) is 22.2. The number of rotatable bonds is 19. The number of nitrogens with two attached hydrogens (primary N) is 1. The molecule has 2 nitrogen and oxygen atoms in total. The van der Waals surface area contributed by atoms with Crippen molar-refractivity contribution in [1.82, 2.24) is 0 Å². The summed E-state index contributed by atoms with van der Waals surface area (Å²) in [5.74, 6) is 0.502. The largest absolute Gasteiger partial charge is 0.396 e. The van der Waals surface area contributed by atoms with E-state index in [1.165, 1.54) is 103 Å². The van der Waals surface area contributed by atoms with E-state index in [1.807, 2.05) is 0 Å². The first-order valence-corrected chi connectivity index (χ1v) is 11.4. The van der Waals surface area contributed by atoms with Gasteiger partial charge in [-0.25, -0.2) is 0 Å². The van der Waals surface area contributed by atoms with Crippen LogP contribution >= 0.6 is 17.0 Å². The highest BCUT2D eigenvalue weighted by molar-refractivity contribution is 8.93. The predicted molar refractivity (Wildman–Crippen MR) is 123 cm³/mol. The van der Waals surface area contributed by atoms with Gasteiger partial charge in [-0.2, -0.15) is 0 Å². The number of hydrogen-bond acceptors (Lipinski definition) is 2. The molecule has 2 unspecified atom stereocenters. The average Bonchev–Trinajstić information content (AvgIpc) is 2.58. The SMILES string of the molecule is Br.CCCCCCCCCCCCCCCCCC(C)C(C)(N)CCO. The molecule has 0 aromatic heterocycles. The fourth-order valence-corrected chi connectivity index (χ4v) is 3.64. The molecular weight excluding hydrogens is 386 g/mol. The van der Waals surface area contributed by atoms with E-state index in [0.717, 1.165) is 0 Å². The van der Waals surface area contributed by atoms with E-state index in [2.05, 4.69) is 20.8 Å². The number of halogens is 1. The highest BCUT2D eigenvalue weighted by Gasteiger charge is 2.24. The summed E-state index contributed by atoms with van der Waals surface area (Å²) in [6.45, 7) is 6.81. The van der Waals surface area contributed by atoms with E-state index < -0.39 is 0 Å². The molecular formula is C23H50BrNO. The topological polar surface area (TPSA) is 46.2 Å². The van der Waals surface area contributed by atoms with Gasteiger partial charge in [0.2, 0.25) is 0 Å². The van der Waals surface area contributed by atoms with E-state index in [4.69, 9.17) is 10.8 Å². The summed E-state index contributed by atoms with van der Waals surface area (Å²) in [6.07, 6.45) is 23.1. The van der Waals surface area contributed by atoms with Crippen LogP contribution in [0.2, 0.25) is 0 Å². The van der Waals surface area contributed by atoms with Crippen LogP contribution < -0.4 is 5.73 Å². The lowest BCUT2D eigenvalue weighted by Crippen LogP contribution is -2.43.